The zero-order chi connectivity index (χ0) is 12.4. The van der Waals surface area contributed by atoms with E-state index in [1.54, 1.807) is 0 Å². The molecule has 0 saturated heterocycles. The van der Waals surface area contributed by atoms with Crippen molar-refractivity contribution in [3.05, 3.63) is 35.4 Å². The Morgan fingerprint density at radius 3 is 2.18 bits per heavy atom. The highest BCUT2D eigenvalue weighted by molar-refractivity contribution is 5.23. The molecule has 0 aliphatic heterocycles. The molecule has 1 aromatic rings. The van der Waals surface area contributed by atoms with Crippen molar-refractivity contribution in [3.63, 3.8) is 0 Å². The number of benzene rings is 1. The summed E-state index contributed by atoms with van der Waals surface area (Å²) in [5.74, 6) is -0.117. The summed E-state index contributed by atoms with van der Waals surface area (Å²) in [4.78, 5) is 0. The maximum absolute atomic E-state index is 13.6. The fourth-order valence-electron chi connectivity index (χ4n) is 2.71. The van der Waals surface area contributed by atoms with E-state index in [0.29, 0.717) is 5.92 Å². The number of rotatable bonds is 2. The van der Waals surface area contributed by atoms with Crippen LogP contribution >= 0.6 is 0 Å². The maximum atomic E-state index is 13.6. The molecular weight excluding hydrogens is 220 g/mol. The molecule has 1 aromatic carbocycles. The van der Waals surface area contributed by atoms with E-state index in [-0.39, 0.29) is 11.5 Å². The minimum Gasteiger partial charge on any atom is -0.324 e. The predicted octanol–water partition coefficient (Wildman–Crippen LogP) is 3.79. The van der Waals surface area contributed by atoms with Crippen LogP contribution in [0.15, 0.2) is 18.2 Å². The Kier molecular flexibility index (Phi) is 3.77. The molecule has 1 aliphatic carbocycles. The summed E-state index contributed by atoms with van der Waals surface area (Å²) in [6, 6.07) is 3.43. The van der Waals surface area contributed by atoms with Crippen LogP contribution in [0.1, 0.15) is 44.2 Å². The largest absolute Gasteiger partial charge is 0.324 e. The van der Waals surface area contributed by atoms with Gasteiger partial charge in [0.05, 0.1) is 0 Å². The van der Waals surface area contributed by atoms with Crippen molar-refractivity contribution in [2.24, 2.45) is 17.6 Å². The fraction of sp³-hybridized carbons (Fsp3) is 0.571. The van der Waals surface area contributed by atoms with Gasteiger partial charge in [0.25, 0.3) is 0 Å². The standard InChI is InChI=1S/C14H19F2N/c1-9-5-7-10(8-6-9)14(17)13-11(15)3-2-4-12(13)16/h2-4,9-10,14H,5-8,17H2,1H3. The van der Waals surface area contributed by atoms with Crippen LogP contribution in [0, 0.1) is 23.5 Å². The van der Waals surface area contributed by atoms with Gasteiger partial charge in [0.15, 0.2) is 0 Å². The van der Waals surface area contributed by atoms with Crippen molar-refractivity contribution in [1.29, 1.82) is 0 Å². The van der Waals surface area contributed by atoms with E-state index in [1.807, 2.05) is 0 Å². The first-order chi connectivity index (χ1) is 8.09. The molecule has 2 rings (SSSR count). The quantitative estimate of drug-likeness (QED) is 0.834. The topological polar surface area (TPSA) is 26.0 Å². The first-order valence-electron chi connectivity index (χ1n) is 6.29. The SMILES string of the molecule is CC1CCC(C(N)c2c(F)cccc2F)CC1. The summed E-state index contributed by atoms with van der Waals surface area (Å²) < 4.78 is 27.2. The molecule has 0 radical (unpaired) electrons. The average molecular weight is 239 g/mol. The van der Waals surface area contributed by atoms with E-state index in [9.17, 15) is 8.78 Å². The fourth-order valence-corrected chi connectivity index (χ4v) is 2.71. The Bertz CT molecular complexity index is 364. The molecule has 1 nitrogen and oxygen atoms in total. The molecule has 0 spiro atoms. The number of hydrogen-bond acceptors (Lipinski definition) is 1. The van der Waals surface area contributed by atoms with Crippen molar-refractivity contribution < 1.29 is 8.78 Å². The summed E-state index contributed by atoms with van der Waals surface area (Å²) in [5, 5.41) is 0. The number of hydrogen-bond donors (Lipinski definition) is 1. The smallest absolute Gasteiger partial charge is 0.130 e. The van der Waals surface area contributed by atoms with Gasteiger partial charge in [-0.25, -0.2) is 8.78 Å². The van der Waals surface area contributed by atoms with Crippen molar-refractivity contribution in [3.8, 4) is 0 Å². The molecule has 1 unspecified atom stereocenters. The molecule has 2 N–H and O–H groups in total. The number of nitrogens with two attached hydrogens (primary N) is 1. The van der Waals surface area contributed by atoms with Crippen LogP contribution in [-0.4, -0.2) is 0 Å². The number of halogens is 2. The molecule has 94 valence electrons. The van der Waals surface area contributed by atoms with Gasteiger partial charge in [0.2, 0.25) is 0 Å². The molecule has 1 atom stereocenters. The van der Waals surface area contributed by atoms with Gasteiger partial charge in [-0.15, -0.1) is 0 Å². The average Bonchev–Trinajstić information content (AvgIpc) is 2.29. The van der Waals surface area contributed by atoms with Gasteiger partial charge in [-0.1, -0.05) is 25.8 Å². The second-order valence-electron chi connectivity index (χ2n) is 5.18. The highest BCUT2D eigenvalue weighted by Crippen LogP contribution is 2.36. The second kappa shape index (κ2) is 5.13. The van der Waals surface area contributed by atoms with Crippen LogP contribution < -0.4 is 5.73 Å². The lowest BCUT2D eigenvalue weighted by Gasteiger charge is -2.31. The molecule has 3 heteroatoms. The first kappa shape index (κ1) is 12.5. The van der Waals surface area contributed by atoms with Crippen LogP contribution in [-0.2, 0) is 0 Å². The summed E-state index contributed by atoms with van der Waals surface area (Å²) in [6.45, 7) is 2.21. The van der Waals surface area contributed by atoms with E-state index < -0.39 is 17.7 Å². The van der Waals surface area contributed by atoms with Crippen LogP contribution in [0.3, 0.4) is 0 Å². The third-order valence-electron chi connectivity index (χ3n) is 3.90. The summed E-state index contributed by atoms with van der Waals surface area (Å²) in [7, 11) is 0. The molecule has 17 heavy (non-hydrogen) atoms. The maximum Gasteiger partial charge on any atom is 0.130 e. The summed E-state index contributed by atoms with van der Waals surface area (Å²) >= 11 is 0. The van der Waals surface area contributed by atoms with E-state index in [0.717, 1.165) is 25.7 Å². The molecule has 0 aromatic heterocycles. The van der Waals surface area contributed by atoms with Gasteiger partial charge in [0, 0.05) is 11.6 Å². The Morgan fingerprint density at radius 1 is 1.12 bits per heavy atom. The van der Waals surface area contributed by atoms with Gasteiger partial charge in [0.1, 0.15) is 11.6 Å². The lowest BCUT2D eigenvalue weighted by atomic mass is 9.77. The van der Waals surface area contributed by atoms with Crippen LogP contribution in [0.5, 0.6) is 0 Å². The van der Waals surface area contributed by atoms with Gasteiger partial charge >= 0.3 is 0 Å². The van der Waals surface area contributed by atoms with Crippen LogP contribution in [0.4, 0.5) is 8.78 Å². The monoisotopic (exact) mass is 239 g/mol. The highest BCUT2D eigenvalue weighted by atomic mass is 19.1. The lowest BCUT2D eigenvalue weighted by Crippen LogP contribution is -2.27. The third kappa shape index (κ3) is 2.65. The molecule has 0 heterocycles. The van der Waals surface area contributed by atoms with E-state index >= 15 is 0 Å². The molecule has 0 amide bonds. The molecule has 1 saturated carbocycles. The van der Waals surface area contributed by atoms with Gasteiger partial charge in [-0.05, 0) is 36.8 Å². The first-order valence-corrected chi connectivity index (χ1v) is 6.29. The van der Waals surface area contributed by atoms with Crippen molar-refractivity contribution in [1.82, 2.24) is 0 Å². The highest BCUT2D eigenvalue weighted by Gasteiger charge is 2.28. The molecule has 1 fully saturated rings. The minimum absolute atomic E-state index is 0.0621. The van der Waals surface area contributed by atoms with Crippen LogP contribution in [0.25, 0.3) is 0 Å². The minimum atomic E-state index is -0.517. The van der Waals surface area contributed by atoms with E-state index in [2.05, 4.69) is 6.92 Å². The second-order valence-corrected chi connectivity index (χ2v) is 5.18. The Labute approximate surface area is 101 Å². The van der Waals surface area contributed by atoms with Gasteiger partial charge in [-0.3, -0.25) is 0 Å². The van der Waals surface area contributed by atoms with Crippen LogP contribution in [0.2, 0.25) is 0 Å². The third-order valence-corrected chi connectivity index (χ3v) is 3.90. The Morgan fingerprint density at radius 2 is 1.65 bits per heavy atom. The van der Waals surface area contributed by atoms with E-state index in [1.165, 1.54) is 18.2 Å². The normalized spacial score (nSPS) is 26.8. The molecule has 0 bridgehead atoms. The Balaban J connectivity index is 2.16. The lowest BCUT2D eigenvalue weighted by molar-refractivity contribution is 0.250. The van der Waals surface area contributed by atoms with Gasteiger partial charge < -0.3 is 5.73 Å². The molecule has 1 aliphatic rings. The van der Waals surface area contributed by atoms with Crippen molar-refractivity contribution in [2.45, 2.75) is 38.6 Å². The Hall–Kier alpha value is -0.960. The predicted molar refractivity (Wildman–Crippen MR) is 64.4 cm³/mol. The van der Waals surface area contributed by atoms with Crippen molar-refractivity contribution >= 4 is 0 Å². The molecular formula is C14H19F2N. The van der Waals surface area contributed by atoms with Gasteiger partial charge in [-0.2, -0.15) is 0 Å². The van der Waals surface area contributed by atoms with E-state index in [4.69, 9.17) is 5.73 Å². The summed E-state index contributed by atoms with van der Waals surface area (Å²) in [6.07, 6.45) is 4.15. The van der Waals surface area contributed by atoms with Crippen molar-refractivity contribution in [2.75, 3.05) is 0 Å². The summed E-state index contributed by atoms with van der Waals surface area (Å²) in [5.41, 5.74) is 6.10. The zero-order valence-electron chi connectivity index (χ0n) is 10.1. The zero-order valence-corrected chi connectivity index (χ0v) is 10.1.